The van der Waals surface area contributed by atoms with Crippen LogP contribution in [0.4, 0.5) is 0 Å². The summed E-state index contributed by atoms with van der Waals surface area (Å²) in [5, 5.41) is 0. The molecule has 2 nitrogen and oxygen atoms in total. The van der Waals surface area contributed by atoms with E-state index >= 15 is 0 Å². The lowest BCUT2D eigenvalue weighted by Gasteiger charge is -2.26. The number of benzene rings is 1. The van der Waals surface area contributed by atoms with Gasteiger partial charge in [0.25, 0.3) is 0 Å². The third-order valence-electron chi connectivity index (χ3n) is 3.92. The van der Waals surface area contributed by atoms with Gasteiger partial charge in [0, 0.05) is 6.54 Å². The van der Waals surface area contributed by atoms with E-state index in [2.05, 4.69) is 43.0 Å². The van der Waals surface area contributed by atoms with Crippen LogP contribution in [0.3, 0.4) is 0 Å². The lowest BCUT2D eigenvalue weighted by Crippen LogP contribution is -2.32. The van der Waals surface area contributed by atoms with Crippen LogP contribution in [0.25, 0.3) is 0 Å². The van der Waals surface area contributed by atoms with Crippen molar-refractivity contribution >= 4 is 0 Å². The molecule has 0 atom stereocenters. The molecule has 1 aliphatic rings. The van der Waals surface area contributed by atoms with E-state index < -0.39 is 0 Å². The number of hydrogen-bond acceptors (Lipinski definition) is 2. The van der Waals surface area contributed by atoms with Crippen molar-refractivity contribution in [2.75, 3.05) is 26.2 Å². The lowest BCUT2D eigenvalue weighted by atomic mass is 10.0. The molecule has 0 bridgehead atoms. The largest absolute Gasteiger partial charge is 0.375 e. The van der Waals surface area contributed by atoms with Crippen molar-refractivity contribution in [3.63, 3.8) is 0 Å². The Bertz CT molecular complexity index is 352. The van der Waals surface area contributed by atoms with E-state index in [4.69, 9.17) is 4.74 Å². The Morgan fingerprint density at radius 3 is 2.37 bits per heavy atom. The van der Waals surface area contributed by atoms with Crippen molar-refractivity contribution in [2.24, 2.45) is 0 Å². The fourth-order valence-electron chi connectivity index (χ4n) is 2.57. The molecule has 0 radical (unpaired) electrons. The van der Waals surface area contributed by atoms with E-state index in [0.29, 0.717) is 5.92 Å². The second-order valence-corrected chi connectivity index (χ2v) is 5.85. The van der Waals surface area contributed by atoms with Gasteiger partial charge in [0.1, 0.15) is 0 Å². The molecule has 0 saturated carbocycles. The zero-order valence-corrected chi connectivity index (χ0v) is 12.4. The zero-order chi connectivity index (χ0) is 13.5. The van der Waals surface area contributed by atoms with Gasteiger partial charge in [-0.05, 0) is 43.0 Å². The summed E-state index contributed by atoms with van der Waals surface area (Å²) in [6.45, 7) is 9.65. The highest BCUT2D eigenvalue weighted by atomic mass is 16.5. The van der Waals surface area contributed by atoms with Crippen LogP contribution < -0.4 is 0 Å². The SMILES string of the molecule is CC(C)c1ccc(COCCN2CCCCC2)cc1. The van der Waals surface area contributed by atoms with Crippen LogP contribution in [0.15, 0.2) is 24.3 Å². The van der Waals surface area contributed by atoms with Crippen molar-refractivity contribution in [2.45, 2.75) is 45.6 Å². The molecule has 2 heteroatoms. The van der Waals surface area contributed by atoms with Crippen LogP contribution in [-0.4, -0.2) is 31.1 Å². The highest BCUT2D eigenvalue weighted by Gasteiger charge is 2.09. The molecule has 0 aromatic heterocycles. The molecule has 0 aliphatic carbocycles. The minimum Gasteiger partial charge on any atom is -0.375 e. The number of hydrogen-bond donors (Lipinski definition) is 0. The predicted molar refractivity (Wildman–Crippen MR) is 80.5 cm³/mol. The van der Waals surface area contributed by atoms with Crippen LogP contribution in [0.1, 0.15) is 50.2 Å². The summed E-state index contributed by atoms with van der Waals surface area (Å²) in [5.74, 6) is 0.606. The van der Waals surface area contributed by atoms with Gasteiger partial charge in [0.05, 0.1) is 13.2 Å². The third-order valence-corrected chi connectivity index (χ3v) is 3.92. The minimum absolute atomic E-state index is 0.606. The second-order valence-electron chi connectivity index (χ2n) is 5.85. The first-order chi connectivity index (χ1) is 9.25. The quantitative estimate of drug-likeness (QED) is 0.722. The van der Waals surface area contributed by atoms with Gasteiger partial charge in [-0.25, -0.2) is 0 Å². The van der Waals surface area contributed by atoms with E-state index in [-0.39, 0.29) is 0 Å². The van der Waals surface area contributed by atoms with Crippen LogP contribution in [0, 0.1) is 0 Å². The maximum absolute atomic E-state index is 5.78. The number of piperidine rings is 1. The minimum atomic E-state index is 0.606. The summed E-state index contributed by atoms with van der Waals surface area (Å²) in [4.78, 5) is 2.52. The predicted octanol–water partition coefficient (Wildman–Crippen LogP) is 3.81. The number of rotatable bonds is 6. The van der Waals surface area contributed by atoms with Crippen LogP contribution in [0.2, 0.25) is 0 Å². The van der Waals surface area contributed by atoms with E-state index in [9.17, 15) is 0 Å². The Balaban J connectivity index is 1.64. The lowest BCUT2D eigenvalue weighted by molar-refractivity contribution is 0.0863. The van der Waals surface area contributed by atoms with Crippen molar-refractivity contribution in [1.82, 2.24) is 4.90 Å². The van der Waals surface area contributed by atoms with Gasteiger partial charge in [-0.2, -0.15) is 0 Å². The standard InChI is InChI=1S/C17H27NO/c1-15(2)17-8-6-16(7-9-17)14-19-13-12-18-10-4-3-5-11-18/h6-9,15H,3-5,10-14H2,1-2H3. The zero-order valence-electron chi connectivity index (χ0n) is 12.4. The average Bonchev–Trinajstić information content (AvgIpc) is 2.45. The number of ether oxygens (including phenoxy) is 1. The molecule has 0 unspecified atom stereocenters. The van der Waals surface area contributed by atoms with E-state index in [1.54, 1.807) is 0 Å². The summed E-state index contributed by atoms with van der Waals surface area (Å²) in [6.07, 6.45) is 4.12. The van der Waals surface area contributed by atoms with E-state index in [0.717, 1.165) is 19.8 Å². The Hall–Kier alpha value is -0.860. The monoisotopic (exact) mass is 261 g/mol. The number of nitrogens with zero attached hydrogens (tertiary/aromatic N) is 1. The van der Waals surface area contributed by atoms with Gasteiger partial charge in [-0.1, -0.05) is 44.5 Å². The third kappa shape index (κ3) is 4.96. The normalized spacial score (nSPS) is 17.0. The fourth-order valence-corrected chi connectivity index (χ4v) is 2.57. The first-order valence-corrected chi connectivity index (χ1v) is 7.64. The van der Waals surface area contributed by atoms with Crippen molar-refractivity contribution in [3.8, 4) is 0 Å². The van der Waals surface area contributed by atoms with Crippen molar-refractivity contribution < 1.29 is 4.74 Å². The molecule has 19 heavy (non-hydrogen) atoms. The Morgan fingerprint density at radius 1 is 1.05 bits per heavy atom. The highest BCUT2D eigenvalue weighted by Crippen LogP contribution is 2.15. The topological polar surface area (TPSA) is 12.5 Å². The molecule has 1 aliphatic heterocycles. The molecular weight excluding hydrogens is 234 g/mol. The maximum Gasteiger partial charge on any atom is 0.0717 e. The molecule has 1 heterocycles. The Morgan fingerprint density at radius 2 is 1.74 bits per heavy atom. The van der Waals surface area contributed by atoms with Gasteiger partial charge < -0.3 is 9.64 Å². The average molecular weight is 261 g/mol. The van der Waals surface area contributed by atoms with Crippen LogP contribution in [0.5, 0.6) is 0 Å². The first-order valence-electron chi connectivity index (χ1n) is 7.64. The molecule has 0 spiro atoms. The maximum atomic E-state index is 5.78. The van der Waals surface area contributed by atoms with Gasteiger partial charge in [0.2, 0.25) is 0 Å². The summed E-state index contributed by atoms with van der Waals surface area (Å²) < 4.78 is 5.78. The van der Waals surface area contributed by atoms with E-state index in [1.165, 1.54) is 43.5 Å². The molecule has 1 aromatic rings. The second kappa shape index (κ2) is 7.66. The molecule has 0 amide bonds. The van der Waals surface area contributed by atoms with Crippen molar-refractivity contribution in [1.29, 1.82) is 0 Å². The van der Waals surface area contributed by atoms with Gasteiger partial charge in [0.15, 0.2) is 0 Å². The Kier molecular flexibility index (Phi) is 5.87. The molecule has 1 saturated heterocycles. The van der Waals surface area contributed by atoms with Crippen LogP contribution in [-0.2, 0) is 11.3 Å². The first kappa shape index (κ1) is 14.5. The van der Waals surface area contributed by atoms with E-state index in [1.807, 2.05) is 0 Å². The fraction of sp³-hybridized carbons (Fsp3) is 0.647. The van der Waals surface area contributed by atoms with Crippen LogP contribution >= 0.6 is 0 Å². The molecule has 2 rings (SSSR count). The highest BCUT2D eigenvalue weighted by molar-refractivity contribution is 5.24. The van der Waals surface area contributed by atoms with Crippen molar-refractivity contribution in [3.05, 3.63) is 35.4 Å². The smallest absolute Gasteiger partial charge is 0.0717 e. The molecule has 0 N–H and O–H groups in total. The summed E-state index contributed by atoms with van der Waals surface area (Å²) in [6, 6.07) is 8.81. The summed E-state index contributed by atoms with van der Waals surface area (Å²) >= 11 is 0. The number of likely N-dealkylation sites (tertiary alicyclic amines) is 1. The summed E-state index contributed by atoms with van der Waals surface area (Å²) in [5.41, 5.74) is 2.68. The Labute approximate surface area is 117 Å². The molecular formula is C17H27NO. The van der Waals surface area contributed by atoms with Gasteiger partial charge in [-0.3, -0.25) is 0 Å². The van der Waals surface area contributed by atoms with Gasteiger partial charge in [-0.15, -0.1) is 0 Å². The van der Waals surface area contributed by atoms with Gasteiger partial charge >= 0.3 is 0 Å². The molecule has 1 aromatic carbocycles. The molecule has 1 fully saturated rings. The summed E-state index contributed by atoms with van der Waals surface area (Å²) in [7, 11) is 0. The molecule has 106 valence electrons.